The van der Waals surface area contributed by atoms with Crippen molar-refractivity contribution in [3.8, 4) is 0 Å². The van der Waals surface area contributed by atoms with Gasteiger partial charge in [-0.25, -0.2) is 8.78 Å². The third kappa shape index (κ3) is 2.18. The molecule has 1 heterocycles. The molecule has 1 aromatic carbocycles. The molecule has 1 unspecified atom stereocenters. The van der Waals surface area contributed by atoms with Crippen molar-refractivity contribution >= 4 is 17.6 Å². The van der Waals surface area contributed by atoms with Crippen molar-refractivity contribution < 1.29 is 23.1 Å². The molecule has 96 valence electrons. The number of anilines is 1. The quantitative estimate of drug-likeness (QED) is 0.752. The van der Waals surface area contributed by atoms with Crippen molar-refractivity contribution in [1.82, 2.24) is 0 Å². The minimum atomic E-state index is -0.825. The summed E-state index contributed by atoms with van der Waals surface area (Å²) in [6.45, 7) is 0.0497. The molecule has 4 nitrogen and oxygen atoms in total. The molecule has 0 aliphatic carbocycles. The van der Waals surface area contributed by atoms with E-state index in [1.54, 1.807) is 0 Å². The van der Waals surface area contributed by atoms with Gasteiger partial charge in [0.25, 0.3) is 0 Å². The Morgan fingerprint density at radius 1 is 1.44 bits per heavy atom. The summed E-state index contributed by atoms with van der Waals surface area (Å²) in [6, 6.07) is 2.95. The Morgan fingerprint density at radius 3 is 2.78 bits per heavy atom. The number of benzene rings is 1. The fourth-order valence-corrected chi connectivity index (χ4v) is 1.97. The van der Waals surface area contributed by atoms with E-state index in [1.165, 1.54) is 13.2 Å². The lowest BCUT2D eigenvalue weighted by atomic mass is 10.1. The van der Waals surface area contributed by atoms with Crippen LogP contribution >= 0.6 is 0 Å². The van der Waals surface area contributed by atoms with Crippen molar-refractivity contribution in [3.05, 3.63) is 29.8 Å². The highest BCUT2D eigenvalue weighted by Crippen LogP contribution is 2.28. The minimum Gasteiger partial charge on any atom is -0.469 e. The van der Waals surface area contributed by atoms with E-state index >= 15 is 0 Å². The smallest absolute Gasteiger partial charge is 0.311 e. The van der Waals surface area contributed by atoms with Crippen LogP contribution in [0.1, 0.15) is 6.42 Å². The van der Waals surface area contributed by atoms with E-state index in [2.05, 4.69) is 4.74 Å². The minimum absolute atomic E-state index is 0.0206. The van der Waals surface area contributed by atoms with Gasteiger partial charge in [0.15, 0.2) is 0 Å². The number of amides is 1. The number of ether oxygens (including phenoxy) is 1. The van der Waals surface area contributed by atoms with Crippen LogP contribution in [-0.2, 0) is 14.3 Å². The van der Waals surface area contributed by atoms with E-state index in [-0.39, 0.29) is 24.6 Å². The van der Waals surface area contributed by atoms with E-state index in [1.807, 2.05) is 0 Å². The molecule has 1 fully saturated rings. The molecule has 0 radical (unpaired) electrons. The van der Waals surface area contributed by atoms with Gasteiger partial charge in [0, 0.05) is 19.0 Å². The number of esters is 1. The van der Waals surface area contributed by atoms with E-state index in [0.29, 0.717) is 6.07 Å². The molecule has 0 aromatic heterocycles. The molecule has 1 aliphatic heterocycles. The average molecular weight is 255 g/mol. The van der Waals surface area contributed by atoms with E-state index in [4.69, 9.17) is 0 Å². The van der Waals surface area contributed by atoms with Gasteiger partial charge >= 0.3 is 5.97 Å². The van der Waals surface area contributed by atoms with Crippen LogP contribution in [0.25, 0.3) is 0 Å². The Hall–Kier alpha value is -1.98. The molecule has 0 saturated carbocycles. The Morgan fingerprint density at radius 2 is 2.17 bits per heavy atom. The van der Waals surface area contributed by atoms with Gasteiger partial charge in [0.05, 0.1) is 18.7 Å². The maximum Gasteiger partial charge on any atom is 0.311 e. The van der Waals surface area contributed by atoms with Crippen LogP contribution in [0.15, 0.2) is 18.2 Å². The van der Waals surface area contributed by atoms with Gasteiger partial charge in [-0.1, -0.05) is 0 Å². The van der Waals surface area contributed by atoms with Gasteiger partial charge in [-0.2, -0.15) is 0 Å². The number of hydrogen-bond donors (Lipinski definition) is 0. The van der Waals surface area contributed by atoms with E-state index < -0.39 is 23.5 Å². The number of nitrogens with zero attached hydrogens (tertiary/aromatic N) is 1. The zero-order chi connectivity index (χ0) is 13.3. The largest absolute Gasteiger partial charge is 0.469 e. The lowest BCUT2D eigenvalue weighted by Crippen LogP contribution is -2.27. The van der Waals surface area contributed by atoms with Gasteiger partial charge in [-0.15, -0.1) is 0 Å². The number of carbonyl (C=O) groups is 2. The molecule has 18 heavy (non-hydrogen) atoms. The Kier molecular flexibility index (Phi) is 3.27. The van der Waals surface area contributed by atoms with Crippen molar-refractivity contribution in [2.45, 2.75) is 6.42 Å². The molecular weight excluding hydrogens is 244 g/mol. The summed E-state index contributed by atoms with van der Waals surface area (Å²) in [5, 5.41) is 0. The lowest BCUT2D eigenvalue weighted by molar-refractivity contribution is -0.145. The Labute approximate surface area is 102 Å². The summed E-state index contributed by atoms with van der Waals surface area (Å²) in [6.07, 6.45) is -0.0243. The highest BCUT2D eigenvalue weighted by atomic mass is 19.1. The predicted molar refractivity (Wildman–Crippen MR) is 58.8 cm³/mol. The van der Waals surface area contributed by atoms with Gasteiger partial charge in [-0.05, 0) is 12.1 Å². The van der Waals surface area contributed by atoms with Gasteiger partial charge < -0.3 is 9.64 Å². The molecule has 1 atom stereocenters. The maximum atomic E-state index is 13.5. The van der Waals surface area contributed by atoms with Crippen LogP contribution in [0.5, 0.6) is 0 Å². The first-order valence-corrected chi connectivity index (χ1v) is 5.36. The highest BCUT2D eigenvalue weighted by Gasteiger charge is 2.36. The predicted octanol–water partition coefficient (Wildman–Crippen LogP) is 1.49. The lowest BCUT2D eigenvalue weighted by Gasteiger charge is -2.17. The molecule has 1 saturated heterocycles. The summed E-state index contributed by atoms with van der Waals surface area (Å²) in [7, 11) is 1.23. The molecule has 1 aliphatic rings. The highest BCUT2D eigenvalue weighted by molar-refractivity contribution is 5.99. The zero-order valence-corrected chi connectivity index (χ0v) is 9.65. The molecule has 6 heteroatoms. The number of hydrogen-bond acceptors (Lipinski definition) is 3. The van der Waals surface area contributed by atoms with Crippen molar-refractivity contribution in [2.24, 2.45) is 5.92 Å². The fraction of sp³-hybridized carbons (Fsp3) is 0.333. The number of rotatable bonds is 2. The second kappa shape index (κ2) is 4.72. The Balaban J connectivity index is 2.24. The monoisotopic (exact) mass is 255 g/mol. The summed E-state index contributed by atoms with van der Waals surface area (Å²) in [5.74, 6) is -3.03. The standard InChI is InChI=1S/C12H11F2NO3/c1-18-12(17)7-4-11(16)15(6-7)10-3-2-8(13)5-9(10)14/h2-3,5,7H,4,6H2,1H3. The SMILES string of the molecule is COC(=O)C1CC(=O)N(c2ccc(F)cc2F)C1. The van der Waals surface area contributed by atoms with Crippen LogP contribution in [0.4, 0.5) is 14.5 Å². The van der Waals surface area contributed by atoms with Crippen LogP contribution in [0.2, 0.25) is 0 Å². The maximum absolute atomic E-state index is 13.5. The zero-order valence-electron chi connectivity index (χ0n) is 9.65. The normalized spacial score (nSPS) is 19.2. The van der Waals surface area contributed by atoms with Crippen molar-refractivity contribution in [1.29, 1.82) is 0 Å². The Bertz CT molecular complexity index is 504. The topological polar surface area (TPSA) is 46.6 Å². The second-order valence-electron chi connectivity index (χ2n) is 4.02. The number of halogens is 2. The van der Waals surface area contributed by atoms with Crippen molar-refractivity contribution in [2.75, 3.05) is 18.6 Å². The van der Waals surface area contributed by atoms with Crippen molar-refractivity contribution in [3.63, 3.8) is 0 Å². The summed E-state index contributed by atoms with van der Waals surface area (Å²) >= 11 is 0. The summed E-state index contributed by atoms with van der Waals surface area (Å²) in [5.41, 5.74) is -0.0206. The molecule has 0 spiro atoms. The number of methoxy groups -OCH3 is 1. The van der Waals surface area contributed by atoms with E-state index in [9.17, 15) is 18.4 Å². The van der Waals surface area contributed by atoms with Crippen LogP contribution < -0.4 is 4.90 Å². The first kappa shape index (κ1) is 12.5. The molecule has 0 bridgehead atoms. The number of carbonyl (C=O) groups excluding carboxylic acids is 2. The molecule has 1 amide bonds. The van der Waals surface area contributed by atoms with Gasteiger partial charge in [-0.3, -0.25) is 9.59 Å². The first-order chi connectivity index (χ1) is 8.52. The second-order valence-corrected chi connectivity index (χ2v) is 4.02. The molecule has 2 rings (SSSR count). The molecular formula is C12H11F2NO3. The van der Waals surface area contributed by atoms with Crippen LogP contribution in [0.3, 0.4) is 0 Å². The van der Waals surface area contributed by atoms with Crippen LogP contribution in [0, 0.1) is 17.6 Å². The summed E-state index contributed by atoms with van der Waals surface area (Å²) in [4.78, 5) is 24.2. The van der Waals surface area contributed by atoms with Crippen LogP contribution in [-0.4, -0.2) is 25.5 Å². The molecule has 1 aromatic rings. The third-order valence-electron chi connectivity index (χ3n) is 2.86. The fourth-order valence-electron chi connectivity index (χ4n) is 1.97. The third-order valence-corrected chi connectivity index (χ3v) is 2.86. The van der Waals surface area contributed by atoms with Gasteiger partial charge in [0.2, 0.25) is 5.91 Å². The first-order valence-electron chi connectivity index (χ1n) is 5.36. The molecule has 0 N–H and O–H groups in total. The average Bonchev–Trinajstić information content (AvgIpc) is 2.70. The van der Waals surface area contributed by atoms with Gasteiger partial charge in [0.1, 0.15) is 11.6 Å². The van der Waals surface area contributed by atoms with E-state index in [0.717, 1.165) is 11.0 Å². The summed E-state index contributed by atoms with van der Waals surface area (Å²) < 4.78 is 30.9.